The molecule has 1 saturated heterocycles. The molecule has 0 radical (unpaired) electrons. The highest BCUT2D eigenvalue weighted by molar-refractivity contribution is 7.15. The summed E-state index contributed by atoms with van der Waals surface area (Å²) in [6.45, 7) is 4.21. The quantitative estimate of drug-likeness (QED) is 0.758. The van der Waals surface area contributed by atoms with Crippen molar-refractivity contribution < 1.29 is 0 Å². The lowest BCUT2D eigenvalue weighted by Crippen LogP contribution is -2.19. The fraction of sp³-hybridized carbons (Fsp3) is 0.412. The van der Waals surface area contributed by atoms with Crippen molar-refractivity contribution in [2.45, 2.75) is 32.1 Å². The van der Waals surface area contributed by atoms with Crippen LogP contribution in [-0.2, 0) is 0 Å². The van der Waals surface area contributed by atoms with Crippen LogP contribution in [0.1, 0.15) is 35.8 Å². The molecular formula is C17H21N5S. The third-order valence-corrected chi connectivity index (χ3v) is 5.52. The third-order valence-electron chi connectivity index (χ3n) is 4.50. The van der Waals surface area contributed by atoms with E-state index >= 15 is 0 Å². The molecule has 6 heteroatoms. The molecule has 1 atom stereocenters. The molecule has 0 aliphatic carbocycles. The minimum Gasteiger partial charge on any atom is -0.381 e. The van der Waals surface area contributed by atoms with E-state index in [4.69, 9.17) is 10.7 Å². The number of hydrogen-bond acceptors (Lipinski definition) is 5. The van der Waals surface area contributed by atoms with E-state index in [9.17, 15) is 0 Å². The monoisotopic (exact) mass is 327 g/mol. The minimum atomic E-state index is 0.453. The van der Waals surface area contributed by atoms with Crippen molar-refractivity contribution in [1.29, 1.82) is 0 Å². The summed E-state index contributed by atoms with van der Waals surface area (Å²) in [4.78, 5) is 11.7. The summed E-state index contributed by atoms with van der Waals surface area (Å²) in [5.41, 5.74) is 9.03. The topological polar surface area (TPSA) is 68.2 Å². The van der Waals surface area contributed by atoms with E-state index in [1.807, 2.05) is 6.20 Å². The number of rotatable bonds is 2. The molecular weight excluding hydrogens is 306 g/mol. The van der Waals surface area contributed by atoms with Crippen LogP contribution in [0.2, 0.25) is 0 Å². The zero-order chi connectivity index (χ0) is 15.8. The van der Waals surface area contributed by atoms with Crippen molar-refractivity contribution >= 4 is 22.8 Å². The standard InChI is InChI=1S/C17H21N5S/c1-11-5-6-15(23-11)14-9-20-16(18)17-21-13(10-22(14)17)12-4-2-3-7-19-8-12/h5-6,9-10,12,19H,2-4,7-8H2,1H3,(H2,18,20)/t12-/m0/s1. The predicted molar refractivity (Wildman–Crippen MR) is 94.9 cm³/mol. The second-order valence-electron chi connectivity index (χ2n) is 6.20. The highest BCUT2D eigenvalue weighted by Crippen LogP contribution is 2.31. The van der Waals surface area contributed by atoms with Gasteiger partial charge in [-0.3, -0.25) is 4.40 Å². The van der Waals surface area contributed by atoms with Gasteiger partial charge < -0.3 is 11.1 Å². The second-order valence-corrected chi connectivity index (χ2v) is 7.48. The molecule has 0 saturated carbocycles. The first kappa shape index (κ1) is 14.7. The van der Waals surface area contributed by atoms with Gasteiger partial charge in [-0.25, -0.2) is 9.97 Å². The van der Waals surface area contributed by atoms with Gasteiger partial charge in [-0.05, 0) is 38.4 Å². The van der Waals surface area contributed by atoms with E-state index in [1.54, 1.807) is 11.3 Å². The number of hydrogen-bond donors (Lipinski definition) is 2. The Hall–Kier alpha value is -1.92. The van der Waals surface area contributed by atoms with Crippen LogP contribution in [0.3, 0.4) is 0 Å². The van der Waals surface area contributed by atoms with E-state index in [0.717, 1.165) is 30.1 Å². The number of fused-ring (bicyclic) bond motifs is 1. The summed E-state index contributed by atoms with van der Waals surface area (Å²) in [5.74, 6) is 0.949. The number of nitrogen functional groups attached to an aromatic ring is 1. The molecule has 0 unspecified atom stereocenters. The minimum absolute atomic E-state index is 0.453. The van der Waals surface area contributed by atoms with Crippen LogP contribution < -0.4 is 11.1 Å². The summed E-state index contributed by atoms with van der Waals surface area (Å²) >= 11 is 1.77. The Morgan fingerprint density at radius 3 is 3.09 bits per heavy atom. The maximum Gasteiger partial charge on any atom is 0.180 e. The van der Waals surface area contributed by atoms with E-state index in [2.05, 4.69) is 40.0 Å². The number of aromatic nitrogens is 3. The molecule has 4 heterocycles. The van der Waals surface area contributed by atoms with Crippen LogP contribution >= 0.6 is 11.3 Å². The Morgan fingerprint density at radius 2 is 2.26 bits per heavy atom. The van der Waals surface area contributed by atoms with Crippen LogP contribution in [0.15, 0.2) is 24.5 Å². The molecule has 23 heavy (non-hydrogen) atoms. The van der Waals surface area contributed by atoms with Crippen LogP contribution in [0, 0.1) is 6.92 Å². The van der Waals surface area contributed by atoms with Crippen LogP contribution in [0.4, 0.5) is 5.82 Å². The summed E-state index contributed by atoms with van der Waals surface area (Å²) in [5, 5.41) is 3.51. The summed E-state index contributed by atoms with van der Waals surface area (Å²) in [6, 6.07) is 4.27. The molecule has 1 aliphatic heterocycles. The Bertz CT molecular complexity index is 827. The summed E-state index contributed by atoms with van der Waals surface area (Å²) in [7, 11) is 0. The molecule has 0 aromatic carbocycles. The summed E-state index contributed by atoms with van der Waals surface area (Å²) in [6.07, 6.45) is 7.67. The highest BCUT2D eigenvalue weighted by atomic mass is 32.1. The van der Waals surface area contributed by atoms with Gasteiger partial charge in [-0.2, -0.15) is 0 Å². The van der Waals surface area contributed by atoms with E-state index in [0.29, 0.717) is 11.7 Å². The average molecular weight is 327 g/mol. The van der Waals surface area contributed by atoms with Crippen molar-refractivity contribution in [2.75, 3.05) is 18.8 Å². The van der Waals surface area contributed by atoms with Crippen molar-refractivity contribution in [3.8, 4) is 10.6 Å². The number of imidazole rings is 1. The van der Waals surface area contributed by atoms with Gasteiger partial charge in [0.25, 0.3) is 0 Å². The molecule has 3 aromatic heterocycles. The number of anilines is 1. The van der Waals surface area contributed by atoms with Gasteiger partial charge >= 0.3 is 0 Å². The molecule has 5 nitrogen and oxygen atoms in total. The molecule has 1 aliphatic rings. The maximum atomic E-state index is 6.08. The molecule has 3 aromatic rings. The lowest BCUT2D eigenvalue weighted by Gasteiger charge is -2.10. The fourth-order valence-corrected chi connectivity index (χ4v) is 4.11. The molecule has 0 bridgehead atoms. The van der Waals surface area contributed by atoms with Gasteiger partial charge in [0.15, 0.2) is 11.5 Å². The van der Waals surface area contributed by atoms with Gasteiger partial charge in [0.05, 0.1) is 22.5 Å². The Balaban J connectivity index is 1.82. The van der Waals surface area contributed by atoms with E-state index in [-0.39, 0.29) is 0 Å². The second kappa shape index (κ2) is 5.94. The smallest absolute Gasteiger partial charge is 0.180 e. The van der Waals surface area contributed by atoms with Crippen LogP contribution in [0.5, 0.6) is 0 Å². The molecule has 1 fully saturated rings. The normalized spacial score (nSPS) is 19.1. The van der Waals surface area contributed by atoms with Crippen molar-refractivity contribution in [3.05, 3.63) is 35.1 Å². The highest BCUT2D eigenvalue weighted by Gasteiger charge is 2.19. The van der Waals surface area contributed by atoms with Gasteiger partial charge in [-0.15, -0.1) is 11.3 Å². The number of aryl methyl sites for hydroxylation is 1. The average Bonchev–Trinajstić information content (AvgIpc) is 3.07. The first-order valence-corrected chi connectivity index (χ1v) is 8.95. The SMILES string of the molecule is Cc1ccc(-c2cnc(N)c3nc([C@H]4CCCCNC4)cn23)s1. The molecule has 4 rings (SSSR count). The largest absolute Gasteiger partial charge is 0.381 e. The number of nitrogens with two attached hydrogens (primary N) is 1. The van der Waals surface area contributed by atoms with Crippen LogP contribution in [0.25, 0.3) is 16.2 Å². The Kier molecular flexibility index (Phi) is 3.79. The van der Waals surface area contributed by atoms with Gasteiger partial charge in [-0.1, -0.05) is 6.42 Å². The van der Waals surface area contributed by atoms with E-state index < -0.39 is 0 Å². The zero-order valence-electron chi connectivity index (χ0n) is 13.2. The first-order valence-electron chi connectivity index (χ1n) is 8.13. The van der Waals surface area contributed by atoms with Gasteiger partial charge in [0.2, 0.25) is 0 Å². The molecule has 120 valence electrons. The molecule has 0 spiro atoms. The third kappa shape index (κ3) is 2.72. The lowest BCUT2D eigenvalue weighted by atomic mass is 10.0. The number of nitrogens with one attached hydrogen (secondary N) is 1. The Morgan fingerprint density at radius 1 is 1.35 bits per heavy atom. The summed E-state index contributed by atoms with van der Waals surface area (Å²) < 4.78 is 2.10. The maximum absolute atomic E-state index is 6.08. The Labute approximate surface area is 139 Å². The van der Waals surface area contributed by atoms with Crippen LogP contribution in [-0.4, -0.2) is 27.5 Å². The zero-order valence-corrected chi connectivity index (χ0v) is 14.1. The fourth-order valence-electron chi connectivity index (χ4n) is 3.24. The lowest BCUT2D eigenvalue weighted by molar-refractivity contribution is 0.598. The first-order chi connectivity index (χ1) is 11.2. The van der Waals surface area contributed by atoms with Crippen molar-refractivity contribution in [1.82, 2.24) is 19.7 Å². The van der Waals surface area contributed by atoms with Crippen molar-refractivity contribution in [2.24, 2.45) is 0 Å². The van der Waals surface area contributed by atoms with Gasteiger partial charge in [0, 0.05) is 23.5 Å². The molecule has 3 N–H and O–H groups in total. The van der Waals surface area contributed by atoms with Gasteiger partial charge in [0.1, 0.15) is 0 Å². The number of nitrogens with zero attached hydrogens (tertiary/aromatic N) is 3. The number of thiophene rings is 1. The van der Waals surface area contributed by atoms with Crippen molar-refractivity contribution in [3.63, 3.8) is 0 Å². The van der Waals surface area contributed by atoms with E-state index in [1.165, 1.54) is 29.0 Å². The predicted octanol–water partition coefficient (Wildman–Crippen LogP) is 3.21. The molecule has 0 amide bonds.